The van der Waals surface area contributed by atoms with Crippen LogP contribution in [0.3, 0.4) is 0 Å². The molecule has 3 aromatic rings. The number of phosphoric acid groups is 1. The van der Waals surface area contributed by atoms with Crippen molar-refractivity contribution in [3.8, 4) is 0 Å². The molecule has 12 nitrogen and oxygen atoms in total. The van der Waals surface area contributed by atoms with Gasteiger partial charge in [0, 0.05) is 25.0 Å². The van der Waals surface area contributed by atoms with Crippen molar-refractivity contribution in [2.75, 3.05) is 6.61 Å². The van der Waals surface area contributed by atoms with E-state index in [9.17, 15) is 29.0 Å². The van der Waals surface area contributed by atoms with Crippen molar-refractivity contribution in [1.82, 2.24) is 9.55 Å². The number of rotatable bonds is 8. The Hall–Kier alpha value is -3.12. The number of aliphatic hydroxyl groups excluding tert-OH is 1. The number of phosphoric ester groups is 1. The third kappa shape index (κ3) is 5.81. The quantitative estimate of drug-likeness (QED) is 0.293. The first-order valence-corrected chi connectivity index (χ1v) is 12.6. The molecule has 13 heteroatoms. The number of esters is 2. The van der Waals surface area contributed by atoms with Crippen LogP contribution in [0.15, 0.2) is 61.1 Å². The molecule has 2 aromatic heterocycles. The highest BCUT2D eigenvalue weighted by Crippen LogP contribution is 2.44. The molecule has 0 radical (unpaired) electrons. The zero-order valence-electron chi connectivity index (χ0n) is 19.1. The Balaban J connectivity index is 1.69. The van der Waals surface area contributed by atoms with Gasteiger partial charge in [-0.2, -0.15) is 0 Å². The number of hydrogen-bond acceptors (Lipinski definition) is 9. The molecule has 0 amide bonds. The average molecular weight is 520 g/mol. The van der Waals surface area contributed by atoms with Gasteiger partial charge in [0.15, 0.2) is 12.3 Å². The standard InChI is InChI=1S/C23H25N2O10P/c1-2-18(26)34-21-20(35-36(29,30)31)19(27)17(13-32-23(28)15-7-5-10-24-12-15)33-22(21)25-11-9-14-6-3-4-8-16(14)25/h3-12,17,19-22,27H,2,13H2,1H3,(H2,29,30,31). The Kier molecular flexibility index (Phi) is 7.84. The normalized spacial score (nSPS) is 24.4. The molecule has 3 N–H and O–H groups in total. The van der Waals surface area contributed by atoms with Crippen LogP contribution >= 0.6 is 7.82 Å². The number of benzene rings is 1. The van der Waals surface area contributed by atoms with Crippen molar-refractivity contribution >= 4 is 30.7 Å². The van der Waals surface area contributed by atoms with Crippen molar-refractivity contribution in [2.45, 2.75) is 44.0 Å². The van der Waals surface area contributed by atoms with Gasteiger partial charge in [-0.05, 0) is 29.7 Å². The Labute approximate surface area is 205 Å². The topological polar surface area (TPSA) is 167 Å². The van der Waals surface area contributed by atoms with Crippen LogP contribution in [0.4, 0.5) is 0 Å². The Morgan fingerprint density at radius 2 is 1.92 bits per heavy atom. The van der Waals surface area contributed by atoms with Crippen LogP contribution in [0.1, 0.15) is 29.9 Å². The Morgan fingerprint density at radius 3 is 2.61 bits per heavy atom. The zero-order valence-corrected chi connectivity index (χ0v) is 20.0. The number of hydrogen-bond donors (Lipinski definition) is 3. The van der Waals surface area contributed by atoms with Crippen molar-refractivity contribution < 1.29 is 47.8 Å². The van der Waals surface area contributed by atoms with E-state index < -0.39 is 57.0 Å². The van der Waals surface area contributed by atoms with E-state index in [-0.39, 0.29) is 12.0 Å². The molecular weight excluding hydrogens is 495 g/mol. The molecule has 5 atom stereocenters. The fraction of sp³-hybridized carbons (Fsp3) is 0.348. The SMILES string of the molecule is CCC(=O)OC1C(OP(=O)(O)O)C(O)C(COC(=O)c2cccnc2)OC1n1ccc2ccccc21. The highest BCUT2D eigenvalue weighted by molar-refractivity contribution is 7.46. The summed E-state index contributed by atoms with van der Waals surface area (Å²) in [4.78, 5) is 47.6. The molecule has 0 spiro atoms. The van der Waals surface area contributed by atoms with Gasteiger partial charge in [0.2, 0.25) is 0 Å². The lowest BCUT2D eigenvalue weighted by atomic mass is 9.97. The van der Waals surface area contributed by atoms with Gasteiger partial charge in [0.25, 0.3) is 0 Å². The van der Waals surface area contributed by atoms with Crippen LogP contribution < -0.4 is 0 Å². The average Bonchev–Trinajstić information content (AvgIpc) is 3.29. The number of pyridine rings is 1. The van der Waals surface area contributed by atoms with Crippen LogP contribution in [-0.4, -0.2) is 67.4 Å². The van der Waals surface area contributed by atoms with Crippen molar-refractivity contribution in [3.05, 3.63) is 66.6 Å². The van der Waals surface area contributed by atoms with Gasteiger partial charge in [0.05, 0.1) is 11.1 Å². The predicted molar refractivity (Wildman–Crippen MR) is 123 cm³/mol. The van der Waals surface area contributed by atoms with E-state index in [0.717, 1.165) is 5.39 Å². The first kappa shape index (κ1) is 26.0. The second-order valence-electron chi connectivity index (χ2n) is 8.05. The first-order valence-electron chi connectivity index (χ1n) is 11.1. The van der Waals surface area contributed by atoms with Crippen LogP contribution in [0.25, 0.3) is 10.9 Å². The molecule has 3 heterocycles. The van der Waals surface area contributed by atoms with E-state index in [0.29, 0.717) is 5.52 Å². The first-order chi connectivity index (χ1) is 17.2. The number of carbonyl (C=O) groups is 2. The maximum atomic E-state index is 12.4. The van der Waals surface area contributed by atoms with Gasteiger partial charge >= 0.3 is 19.8 Å². The predicted octanol–water partition coefficient (Wildman–Crippen LogP) is 1.95. The van der Waals surface area contributed by atoms with Gasteiger partial charge in [-0.1, -0.05) is 25.1 Å². The second-order valence-corrected chi connectivity index (χ2v) is 9.24. The summed E-state index contributed by atoms with van der Waals surface area (Å²) in [5, 5.41) is 11.8. The number of fused-ring (bicyclic) bond motifs is 1. The number of nitrogens with zero attached hydrogens (tertiary/aromatic N) is 2. The minimum atomic E-state index is -5.16. The maximum Gasteiger partial charge on any atom is 0.470 e. The number of para-hydroxylation sites is 1. The summed E-state index contributed by atoms with van der Waals surface area (Å²) < 4.78 is 35.1. The Bertz CT molecular complexity index is 1260. The molecular formula is C23H25N2O10P. The number of aliphatic hydroxyl groups is 1. The molecule has 0 saturated carbocycles. The fourth-order valence-electron chi connectivity index (χ4n) is 3.96. The minimum Gasteiger partial charge on any atom is -0.459 e. The van der Waals surface area contributed by atoms with E-state index in [1.54, 1.807) is 42.0 Å². The van der Waals surface area contributed by atoms with E-state index in [2.05, 4.69) is 4.98 Å². The third-order valence-electron chi connectivity index (χ3n) is 5.63. The van der Waals surface area contributed by atoms with Crippen molar-refractivity contribution in [1.29, 1.82) is 0 Å². The molecule has 0 aliphatic carbocycles. The molecule has 1 aromatic carbocycles. The van der Waals surface area contributed by atoms with Gasteiger partial charge < -0.3 is 33.7 Å². The molecule has 192 valence electrons. The Morgan fingerprint density at radius 1 is 1.14 bits per heavy atom. The largest absolute Gasteiger partial charge is 0.470 e. The molecule has 36 heavy (non-hydrogen) atoms. The zero-order chi connectivity index (χ0) is 25.9. The number of aromatic nitrogens is 2. The van der Waals surface area contributed by atoms with Gasteiger partial charge in [-0.25, -0.2) is 9.36 Å². The van der Waals surface area contributed by atoms with Crippen LogP contribution in [0, 0.1) is 0 Å². The minimum absolute atomic E-state index is 0.0411. The highest BCUT2D eigenvalue weighted by atomic mass is 31.2. The lowest BCUT2D eigenvalue weighted by molar-refractivity contribution is -0.254. The molecule has 5 unspecified atom stereocenters. The number of carbonyl (C=O) groups excluding carboxylic acids is 2. The maximum absolute atomic E-state index is 12.4. The second kappa shape index (κ2) is 10.9. The highest BCUT2D eigenvalue weighted by Gasteiger charge is 2.51. The van der Waals surface area contributed by atoms with E-state index in [4.69, 9.17) is 18.7 Å². The lowest BCUT2D eigenvalue weighted by Gasteiger charge is -2.44. The van der Waals surface area contributed by atoms with E-state index >= 15 is 0 Å². The lowest BCUT2D eigenvalue weighted by Crippen LogP contribution is -2.58. The molecule has 4 rings (SSSR count). The van der Waals surface area contributed by atoms with Crippen molar-refractivity contribution in [3.63, 3.8) is 0 Å². The van der Waals surface area contributed by atoms with Crippen LogP contribution in [0.5, 0.6) is 0 Å². The van der Waals surface area contributed by atoms with Gasteiger partial charge in [-0.15, -0.1) is 0 Å². The summed E-state index contributed by atoms with van der Waals surface area (Å²) >= 11 is 0. The molecule has 1 aliphatic rings. The van der Waals surface area contributed by atoms with Crippen LogP contribution in [-0.2, 0) is 28.1 Å². The van der Waals surface area contributed by atoms with Crippen LogP contribution in [0.2, 0.25) is 0 Å². The summed E-state index contributed by atoms with van der Waals surface area (Å²) in [5.74, 6) is -1.44. The van der Waals surface area contributed by atoms with Gasteiger partial charge in [0.1, 0.15) is 24.9 Å². The third-order valence-corrected chi connectivity index (χ3v) is 6.15. The van der Waals surface area contributed by atoms with E-state index in [1.807, 2.05) is 12.1 Å². The molecule has 1 saturated heterocycles. The molecule has 0 bridgehead atoms. The van der Waals surface area contributed by atoms with Gasteiger partial charge in [-0.3, -0.25) is 14.3 Å². The summed E-state index contributed by atoms with van der Waals surface area (Å²) in [6, 6.07) is 12.0. The summed E-state index contributed by atoms with van der Waals surface area (Å²) in [6.07, 6.45) is -2.95. The smallest absolute Gasteiger partial charge is 0.459 e. The monoisotopic (exact) mass is 520 g/mol. The summed E-state index contributed by atoms with van der Waals surface area (Å²) in [6.45, 7) is 1.06. The molecule has 1 aliphatic heterocycles. The van der Waals surface area contributed by atoms with E-state index in [1.165, 1.54) is 18.5 Å². The molecule has 1 fully saturated rings. The fourth-order valence-corrected chi connectivity index (χ4v) is 4.52. The summed E-state index contributed by atoms with van der Waals surface area (Å²) in [7, 11) is -5.16. The number of ether oxygens (including phenoxy) is 3. The van der Waals surface area contributed by atoms with Crippen molar-refractivity contribution in [2.24, 2.45) is 0 Å². The summed E-state index contributed by atoms with van der Waals surface area (Å²) in [5.41, 5.74) is 0.825.